The number of sulfone groups is 1. The van der Waals surface area contributed by atoms with E-state index in [-0.39, 0.29) is 47.9 Å². The Morgan fingerprint density at radius 1 is 1.03 bits per heavy atom. The zero-order valence-electron chi connectivity index (χ0n) is 17.2. The molecule has 1 aromatic carbocycles. The predicted octanol–water partition coefficient (Wildman–Crippen LogP) is 1.46. The van der Waals surface area contributed by atoms with Crippen molar-refractivity contribution in [2.75, 3.05) is 16.8 Å². The summed E-state index contributed by atoms with van der Waals surface area (Å²) in [6.45, 7) is 0. The zero-order chi connectivity index (χ0) is 22.0. The minimum atomic E-state index is -3.19. The molecular weight excluding hydrogens is 420 g/mol. The highest BCUT2D eigenvalue weighted by molar-refractivity contribution is 7.91. The predicted molar refractivity (Wildman–Crippen MR) is 115 cm³/mol. The van der Waals surface area contributed by atoms with Crippen molar-refractivity contribution in [3.8, 4) is 0 Å². The highest BCUT2D eigenvalue weighted by Gasteiger charge is 2.37. The quantitative estimate of drug-likeness (QED) is 0.708. The number of carbonyl (C=O) groups excluding carboxylic acids is 3. The number of para-hydroxylation sites is 1. The lowest BCUT2D eigenvalue weighted by atomic mass is 10.1. The first kappa shape index (κ1) is 21.5. The van der Waals surface area contributed by atoms with Crippen LogP contribution < -0.4 is 10.6 Å². The normalized spacial score (nSPS) is 23.5. The van der Waals surface area contributed by atoms with E-state index in [2.05, 4.69) is 15.7 Å². The van der Waals surface area contributed by atoms with Gasteiger partial charge in [-0.1, -0.05) is 25.0 Å². The maximum absolute atomic E-state index is 12.9. The maximum Gasteiger partial charge on any atom is 0.271 e. The van der Waals surface area contributed by atoms with Crippen molar-refractivity contribution >= 4 is 39.0 Å². The van der Waals surface area contributed by atoms with Crippen molar-refractivity contribution in [2.45, 2.75) is 57.0 Å². The molecule has 9 nitrogen and oxygen atoms in total. The molecule has 1 saturated carbocycles. The van der Waals surface area contributed by atoms with Gasteiger partial charge < -0.3 is 10.6 Å². The van der Waals surface area contributed by atoms with Crippen molar-refractivity contribution < 1.29 is 22.8 Å². The van der Waals surface area contributed by atoms with Crippen LogP contribution in [-0.4, -0.2) is 60.4 Å². The SMILES string of the molecule is O=C(Nc1ccccc1C(=O)NC1CCCC1)C1=NN([C@@H]2CCS(=O)(=O)C2)C(=O)CC1. The van der Waals surface area contributed by atoms with Crippen LogP contribution in [0.1, 0.15) is 55.3 Å². The number of anilines is 1. The summed E-state index contributed by atoms with van der Waals surface area (Å²) >= 11 is 0. The second-order valence-electron chi connectivity index (χ2n) is 8.30. The van der Waals surface area contributed by atoms with Crippen molar-refractivity contribution in [1.29, 1.82) is 0 Å². The molecule has 166 valence electrons. The topological polar surface area (TPSA) is 125 Å². The summed E-state index contributed by atoms with van der Waals surface area (Å²) in [6, 6.07) is 6.38. The molecule has 1 aliphatic carbocycles. The summed E-state index contributed by atoms with van der Waals surface area (Å²) in [6.07, 6.45) is 4.68. The van der Waals surface area contributed by atoms with Crippen molar-refractivity contribution in [3.63, 3.8) is 0 Å². The Labute approximate surface area is 181 Å². The molecule has 0 spiro atoms. The Bertz CT molecular complexity index is 1030. The van der Waals surface area contributed by atoms with Gasteiger partial charge in [-0.25, -0.2) is 13.4 Å². The van der Waals surface area contributed by atoms with Gasteiger partial charge in [0.25, 0.3) is 11.8 Å². The molecule has 2 fully saturated rings. The molecule has 1 saturated heterocycles. The molecule has 2 aliphatic heterocycles. The average molecular weight is 447 g/mol. The van der Waals surface area contributed by atoms with Crippen LogP contribution in [0.15, 0.2) is 29.4 Å². The van der Waals surface area contributed by atoms with E-state index in [1.165, 1.54) is 0 Å². The van der Waals surface area contributed by atoms with Crippen LogP contribution in [0.2, 0.25) is 0 Å². The number of hydrogen-bond acceptors (Lipinski definition) is 6. The minimum absolute atomic E-state index is 0.0159. The van der Waals surface area contributed by atoms with Crippen LogP contribution in [0.4, 0.5) is 5.69 Å². The van der Waals surface area contributed by atoms with Gasteiger partial charge >= 0.3 is 0 Å². The standard InChI is InChI=1S/C21H26N4O5S/c26-19-10-9-18(24-25(19)15-11-12-31(29,30)13-15)21(28)23-17-8-4-3-7-16(17)20(27)22-14-5-1-2-6-14/h3-4,7-8,14-15H,1-2,5-6,9-13H2,(H,22,27)(H,23,28)/t15-/m1/s1. The summed E-state index contributed by atoms with van der Waals surface area (Å²) < 4.78 is 23.5. The molecule has 3 aliphatic rings. The molecule has 1 aromatic rings. The van der Waals surface area contributed by atoms with Crippen molar-refractivity contribution in [2.24, 2.45) is 5.10 Å². The number of nitrogens with one attached hydrogen (secondary N) is 2. The zero-order valence-corrected chi connectivity index (χ0v) is 18.0. The molecule has 2 heterocycles. The number of hydrazone groups is 1. The van der Waals surface area contributed by atoms with Gasteiger partial charge in [0.05, 0.1) is 28.8 Å². The lowest BCUT2D eigenvalue weighted by Gasteiger charge is -2.27. The molecule has 3 amide bonds. The van der Waals surface area contributed by atoms with Crippen LogP contribution in [0.3, 0.4) is 0 Å². The smallest absolute Gasteiger partial charge is 0.271 e. The summed E-state index contributed by atoms with van der Waals surface area (Å²) in [4.78, 5) is 37.8. The third-order valence-electron chi connectivity index (χ3n) is 5.99. The monoisotopic (exact) mass is 446 g/mol. The number of rotatable bonds is 5. The van der Waals surface area contributed by atoms with Gasteiger partial charge in [-0.3, -0.25) is 14.4 Å². The van der Waals surface area contributed by atoms with Gasteiger partial charge in [0.1, 0.15) is 5.71 Å². The Morgan fingerprint density at radius 2 is 1.77 bits per heavy atom. The van der Waals surface area contributed by atoms with E-state index in [0.29, 0.717) is 17.7 Å². The minimum Gasteiger partial charge on any atom is -0.349 e. The fraction of sp³-hybridized carbons (Fsp3) is 0.524. The van der Waals surface area contributed by atoms with E-state index in [9.17, 15) is 22.8 Å². The third-order valence-corrected chi connectivity index (χ3v) is 7.74. The average Bonchev–Trinajstić information content (AvgIpc) is 3.37. The molecule has 0 aromatic heterocycles. The van der Waals surface area contributed by atoms with Gasteiger partial charge in [-0.15, -0.1) is 0 Å². The molecule has 2 N–H and O–H groups in total. The Kier molecular flexibility index (Phi) is 6.08. The Morgan fingerprint density at radius 3 is 2.48 bits per heavy atom. The van der Waals surface area contributed by atoms with Crippen LogP contribution in [0, 0.1) is 0 Å². The molecule has 0 radical (unpaired) electrons. The number of benzene rings is 1. The summed E-state index contributed by atoms with van der Waals surface area (Å²) in [5.41, 5.74) is 0.890. The lowest BCUT2D eigenvalue weighted by Crippen LogP contribution is -2.42. The van der Waals surface area contributed by atoms with E-state index in [1.54, 1.807) is 24.3 Å². The van der Waals surface area contributed by atoms with E-state index in [0.717, 1.165) is 30.7 Å². The van der Waals surface area contributed by atoms with Crippen LogP contribution >= 0.6 is 0 Å². The number of carbonyl (C=O) groups is 3. The van der Waals surface area contributed by atoms with Crippen molar-refractivity contribution in [1.82, 2.24) is 10.3 Å². The van der Waals surface area contributed by atoms with E-state index < -0.39 is 21.8 Å². The first-order valence-electron chi connectivity index (χ1n) is 10.6. The van der Waals surface area contributed by atoms with E-state index in [4.69, 9.17) is 0 Å². The number of nitrogens with zero attached hydrogens (tertiary/aromatic N) is 2. The summed E-state index contributed by atoms with van der Waals surface area (Å²) in [5.74, 6) is -1.14. The van der Waals surface area contributed by atoms with Gasteiger partial charge in [0, 0.05) is 18.9 Å². The molecule has 0 unspecified atom stereocenters. The van der Waals surface area contributed by atoms with Crippen LogP contribution in [0.25, 0.3) is 0 Å². The largest absolute Gasteiger partial charge is 0.349 e. The third kappa shape index (κ3) is 4.95. The van der Waals surface area contributed by atoms with E-state index >= 15 is 0 Å². The highest BCUT2D eigenvalue weighted by Crippen LogP contribution is 2.24. The first-order chi connectivity index (χ1) is 14.8. The lowest BCUT2D eigenvalue weighted by molar-refractivity contribution is -0.133. The second-order valence-corrected chi connectivity index (χ2v) is 10.5. The molecule has 1 atom stereocenters. The van der Waals surface area contributed by atoms with Crippen LogP contribution in [0.5, 0.6) is 0 Å². The number of amides is 3. The van der Waals surface area contributed by atoms with Gasteiger partial charge in [0.2, 0.25) is 5.91 Å². The van der Waals surface area contributed by atoms with Gasteiger partial charge in [-0.2, -0.15) is 5.10 Å². The summed E-state index contributed by atoms with van der Waals surface area (Å²) in [7, 11) is -3.19. The molecular formula is C21H26N4O5S. The van der Waals surface area contributed by atoms with Gasteiger partial charge in [0.15, 0.2) is 9.84 Å². The maximum atomic E-state index is 12.9. The summed E-state index contributed by atoms with van der Waals surface area (Å²) in [5, 5.41) is 11.1. The van der Waals surface area contributed by atoms with Gasteiger partial charge in [-0.05, 0) is 31.4 Å². The Balaban J connectivity index is 1.48. The molecule has 0 bridgehead atoms. The van der Waals surface area contributed by atoms with Crippen molar-refractivity contribution in [3.05, 3.63) is 29.8 Å². The fourth-order valence-corrected chi connectivity index (χ4v) is 6.00. The molecule has 4 rings (SSSR count). The number of hydrogen-bond donors (Lipinski definition) is 2. The second kappa shape index (κ2) is 8.78. The molecule has 31 heavy (non-hydrogen) atoms. The fourth-order valence-electron chi connectivity index (χ4n) is 4.31. The first-order valence-corrected chi connectivity index (χ1v) is 12.5. The Hall–Kier alpha value is -2.75. The van der Waals surface area contributed by atoms with Crippen LogP contribution in [-0.2, 0) is 19.4 Å². The van der Waals surface area contributed by atoms with E-state index in [1.807, 2.05) is 0 Å². The highest BCUT2D eigenvalue weighted by atomic mass is 32.2. The molecule has 10 heteroatoms.